The molecule has 2 aromatic carbocycles. The summed E-state index contributed by atoms with van der Waals surface area (Å²) in [5.74, 6) is -0.715. The van der Waals surface area contributed by atoms with E-state index in [0.717, 1.165) is 11.1 Å². The van der Waals surface area contributed by atoms with E-state index in [0.29, 0.717) is 12.1 Å². The number of nitrogens with one attached hydrogen (secondary N) is 2. The van der Waals surface area contributed by atoms with Crippen LogP contribution < -0.4 is 10.6 Å². The molecule has 0 fully saturated rings. The van der Waals surface area contributed by atoms with Crippen molar-refractivity contribution in [2.75, 3.05) is 0 Å². The predicted octanol–water partition coefficient (Wildman–Crippen LogP) is 3.17. The Morgan fingerprint density at radius 1 is 0.889 bits per heavy atom. The number of rotatable bonds is 6. The third kappa shape index (κ3) is 5.37. The van der Waals surface area contributed by atoms with Crippen LogP contribution in [0, 0.1) is 0 Å². The molecule has 3 rings (SSSR count). The Balaban J connectivity index is 1.78. The van der Waals surface area contributed by atoms with Crippen LogP contribution >= 0.6 is 0 Å². The quantitative estimate of drug-likeness (QED) is 0.666. The van der Waals surface area contributed by atoms with Crippen molar-refractivity contribution in [2.24, 2.45) is 0 Å². The molecule has 2 amide bonds. The number of nitrogens with zero attached hydrogens (tertiary/aromatic N) is 1. The second-order valence-corrected chi connectivity index (χ2v) is 5.83. The fraction of sp³-hybridized carbons (Fsp3) is 0.0455. The van der Waals surface area contributed by atoms with Gasteiger partial charge in [-0.3, -0.25) is 14.6 Å². The minimum Gasteiger partial charge on any atom is -0.347 e. The molecule has 5 heteroatoms. The zero-order chi connectivity index (χ0) is 18.9. The van der Waals surface area contributed by atoms with Crippen LogP contribution in [0.2, 0.25) is 0 Å². The first-order valence-corrected chi connectivity index (χ1v) is 8.52. The van der Waals surface area contributed by atoms with E-state index >= 15 is 0 Å². The minimum absolute atomic E-state index is 0.160. The second kappa shape index (κ2) is 9.10. The van der Waals surface area contributed by atoms with Gasteiger partial charge in [-0.05, 0) is 35.4 Å². The van der Waals surface area contributed by atoms with Gasteiger partial charge in [0.25, 0.3) is 11.8 Å². The summed E-state index contributed by atoms with van der Waals surface area (Å²) in [5.41, 5.74) is 2.33. The van der Waals surface area contributed by atoms with Gasteiger partial charge in [0.1, 0.15) is 5.70 Å². The van der Waals surface area contributed by atoms with Gasteiger partial charge < -0.3 is 10.6 Å². The highest BCUT2D eigenvalue weighted by atomic mass is 16.2. The van der Waals surface area contributed by atoms with Crippen molar-refractivity contribution in [3.8, 4) is 0 Å². The third-order valence-corrected chi connectivity index (χ3v) is 3.82. The Labute approximate surface area is 157 Å². The zero-order valence-corrected chi connectivity index (χ0v) is 14.6. The van der Waals surface area contributed by atoms with Crippen LogP contribution in [0.3, 0.4) is 0 Å². The molecule has 1 aromatic heterocycles. The van der Waals surface area contributed by atoms with E-state index in [4.69, 9.17) is 0 Å². The summed E-state index contributed by atoms with van der Waals surface area (Å²) in [6.45, 7) is 0.366. The van der Waals surface area contributed by atoms with E-state index in [1.807, 2.05) is 42.5 Å². The maximum absolute atomic E-state index is 12.7. The molecule has 27 heavy (non-hydrogen) atoms. The third-order valence-electron chi connectivity index (χ3n) is 3.82. The van der Waals surface area contributed by atoms with Crippen molar-refractivity contribution in [3.05, 3.63) is 108 Å². The Morgan fingerprint density at radius 3 is 2.26 bits per heavy atom. The highest BCUT2D eigenvalue weighted by molar-refractivity contribution is 6.05. The molecule has 0 bridgehead atoms. The maximum atomic E-state index is 12.7. The summed E-state index contributed by atoms with van der Waals surface area (Å²) in [6, 6.07) is 21.9. The number of carbonyl (C=O) groups excluding carboxylic acids is 2. The van der Waals surface area contributed by atoms with E-state index in [9.17, 15) is 9.59 Å². The number of carbonyl (C=O) groups is 2. The molecule has 0 aliphatic heterocycles. The summed E-state index contributed by atoms with van der Waals surface area (Å²) in [6.07, 6.45) is 4.88. The van der Waals surface area contributed by atoms with E-state index in [2.05, 4.69) is 15.6 Å². The fourth-order valence-corrected chi connectivity index (χ4v) is 2.44. The Hall–Kier alpha value is -3.73. The van der Waals surface area contributed by atoms with Gasteiger partial charge in [-0.1, -0.05) is 54.6 Å². The van der Waals surface area contributed by atoms with Gasteiger partial charge in [0.05, 0.1) is 0 Å². The van der Waals surface area contributed by atoms with Gasteiger partial charge in [-0.2, -0.15) is 0 Å². The smallest absolute Gasteiger partial charge is 0.268 e. The standard InChI is InChI=1S/C22H19N3O2/c26-21(19-11-5-2-6-12-19)25-20(14-18-10-7-13-23-15-18)22(27)24-16-17-8-3-1-4-9-17/h1-15H,16H2,(H,24,27)(H,25,26)/b20-14-. The first kappa shape index (κ1) is 18.1. The van der Waals surface area contributed by atoms with Crippen LogP contribution in [-0.4, -0.2) is 16.8 Å². The lowest BCUT2D eigenvalue weighted by Gasteiger charge is -2.11. The molecular weight excluding hydrogens is 338 g/mol. The van der Waals surface area contributed by atoms with E-state index in [-0.39, 0.29) is 17.5 Å². The zero-order valence-electron chi connectivity index (χ0n) is 14.6. The van der Waals surface area contributed by atoms with Crippen molar-refractivity contribution in [1.29, 1.82) is 0 Å². The molecule has 0 radical (unpaired) electrons. The molecule has 5 nitrogen and oxygen atoms in total. The van der Waals surface area contributed by atoms with Crippen LogP contribution in [0.15, 0.2) is 90.9 Å². The molecule has 2 N–H and O–H groups in total. The molecule has 3 aromatic rings. The van der Waals surface area contributed by atoms with Crippen molar-refractivity contribution in [3.63, 3.8) is 0 Å². The Kier molecular flexibility index (Phi) is 6.09. The molecule has 0 spiro atoms. The summed E-state index contributed by atoms with van der Waals surface area (Å²) in [4.78, 5) is 29.2. The Bertz CT molecular complexity index is 924. The predicted molar refractivity (Wildman–Crippen MR) is 104 cm³/mol. The molecule has 0 saturated carbocycles. The lowest BCUT2D eigenvalue weighted by Crippen LogP contribution is -2.34. The topological polar surface area (TPSA) is 71.1 Å². The van der Waals surface area contributed by atoms with Crippen LogP contribution in [0.1, 0.15) is 21.5 Å². The van der Waals surface area contributed by atoms with Gasteiger partial charge >= 0.3 is 0 Å². The maximum Gasteiger partial charge on any atom is 0.268 e. The molecule has 1 heterocycles. The molecule has 0 aliphatic rings. The Morgan fingerprint density at radius 2 is 1.59 bits per heavy atom. The lowest BCUT2D eigenvalue weighted by molar-refractivity contribution is -0.117. The number of pyridine rings is 1. The molecule has 0 aliphatic carbocycles. The van der Waals surface area contributed by atoms with Gasteiger partial charge in [-0.25, -0.2) is 0 Å². The summed E-state index contributed by atoms with van der Waals surface area (Å²) in [5, 5.41) is 5.53. The highest BCUT2D eigenvalue weighted by Crippen LogP contribution is 2.07. The molecule has 0 saturated heterocycles. The number of hydrogen-bond donors (Lipinski definition) is 2. The van der Waals surface area contributed by atoms with E-state index in [1.165, 1.54) is 0 Å². The fourth-order valence-electron chi connectivity index (χ4n) is 2.44. The average Bonchev–Trinajstić information content (AvgIpc) is 2.73. The molecule has 0 unspecified atom stereocenters. The van der Waals surface area contributed by atoms with Gasteiger partial charge in [0, 0.05) is 24.5 Å². The van der Waals surface area contributed by atoms with Crippen molar-refractivity contribution < 1.29 is 9.59 Å². The second-order valence-electron chi connectivity index (χ2n) is 5.83. The number of aromatic nitrogens is 1. The van der Waals surface area contributed by atoms with Gasteiger partial charge in [0.15, 0.2) is 0 Å². The van der Waals surface area contributed by atoms with E-state index in [1.54, 1.807) is 48.8 Å². The van der Waals surface area contributed by atoms with Gasteiger partial charge in [-0.15, -0.1) is 0 Å². The van der Waals surface area contributed by atoms with Crippen molar-refractivity contribution in [1.82, 2.24) is 15.6 Å². The minimum atomic E-state index is -0.369. The van der Waals surface area contributed by atoms with Crippen molar-refractivity contribution >= 4 is 17.9 Å². The van der Waals surface area contributed by atoms with Crippen LogP contribution in [-0.2, 0) is 11.3 Å². The normalized spacial score (nSPS) is 10.9. The van der Waals surface area contributed by atoms with Gasteiger partial charge in [0.2, 0.25) is 0 Å². The first-order chi connectivity index (χ1) is 13.2. The first-order valence-electron chi connectivity index (χ1n) is 8.52. The summed E-state index contributed by atoms with van der Waals surface area (Å²) >= 11 is 0. The monoisotopic (exact) mass is 357 g/mol. The number of hydrogen-bond acceptors (Lipinski definition) is 3. The largest absolute Gasteiger partial charge is 0.347 e. The highest BCUT2D eigenvalue weighted by Gasteiger charge is 2.14. The van der Waals surface area contributed by atoms with Crippen LogP contribution in [0.4, 0.5) is 0 Å². The molecule has 134 valence electrons. The SMILES string of the molecule is O=C(NCc1ccccc1)/C(=C/c1cccnc1)NC(=O)c1ccccc1. The molecular formula is C22H19N3O2. The van der Waals surface area contributed by atoms with Crippen LogP contribution in [0.5, 0.6) is 0 Å². The van der Waals surface area contributed by atoms with E-state index < -0.39 is 0 Å². The molecule has 0 atom stereocenters. The van der Waals surface area contributed by atoms with Crippen LogP contribution in [0.25, 0.3) is 6.08 Å². The lowest BCUT2D eigenvalue weighted by atomic mass is 10.2. The summed E-state index contributed by atoms with van der Waals surface area (Å²) in [7, 11) is 0. The van der Waals surface area contributed by atoms with Crippen molar-refractivity contribution in [2.45, 2.75) is 6.54 Å². The average molecular weight is 357 g/mol. The number of amides is 2. The number of benzene rings is 2. The summed E-state index contributed by atoms with van der Waals surface area (Å²) < 4.78 is 0.